The van der Waals surface area contributed by atoms with Gasteiger partial charge in [-0.15, -0.1) is 0 Å². The average Bonchev–Trinajstić information content (AvgIpc) is 2.22. The number of aromatic nitrogens is 2. The number of rotatable bonds is 2. The Morgan fingerprint density at radius 1 is 1.20 bits per heavy atom. The Morgan fingerprint density at radius 3 is 2.60 bits per heavy atom. The van der Waals surface area contributed by atoms with Gasteiger partial charge in [0.25, 0.3) is 0 Å². The molecular formula is C10H6BrClN2S. The first-order chi connectivity index (χ1) is 7.24. The van der Waals surface area contributed by atoms with Crippen LogP contribution in [0.2, 0.25) is 5.02 Å². The van der Waals surface area contributed by atoms with Crippen molar-refractivity contribution in [1.29, 1.82) is 0 Å². The van der Waals surface area contributed by atoms with Crippen molar-refractivity contribution in [3.05, 3.63) is 46.2 Å². The fraction of sp³-hybridized carbons (Fsp3) is 0. The monoisotopic (exact) mass is 300 g/mol. The normalized spacial score (nSPS) is 10.3. The lowest BCUT2D eigenvalue weighted by atomic mass is 10.4. The number of nitrogens with zero attached hydrogens (tertiary/aromatic N) is 2. The predicted molar refractivity (Wildman–Crippen MR) is 65.3 cm³/mol. The molecule has 76 valence electrons. The fourth-order valence-electron chi connectivity index (χ4n) is 0.989. The molecule has 15 heavy (non-hydrogen) atoms. The van der Waals surface area contributed by atoms with Crippen molar-refractivity contribution in [2.24, 2.45) is 0 Å². The fourth-order valence-corrected chi connectivity index (χ4v) is 2.20. The van der Waals surface area contributed by atoms with E-state index in [4.69, 9.17) is 11.6 Å². The van der Waals surface area contributed by atoms with Crippen molar-refractivity contribution in [2.75, 3.05) is 0 Å². The summed E-state index contributed by atoms with van der Waals surface area (Å²) in [5.74, 6) is 0. The molecule has 0 atom stereocenters. The molecule has 0 amide bonds. The van der Waals surface area contributed by atoms with Crippen molar-refractivity contribution in [3.63, 3.8) is 0 Å². The highest BCUT2D eigenvalue weighted by atomic mass is 79.9. The molecule has 0 aliphatic heterocycles. The molecule has 0 aliphatic carbocycles. The molecule has 1 aromatic carbocycles. The van der Waals surface area contributed by atoms with Crippen LogP contribution in [0.5, 0.6) is 0 Å². The topological polar surface area (TPSA) is 25.8 Å². The maximum atomic E-state index is 5.87. The molecule has 1 aromatic heterocycles. The Labute approximate surface area is 105 Å². The van der Waals surface area contributed by atoms with E-state index in [1.54, 1.807) is 12.4 Å². The molecule has 0 spiro atoms. The molecule has 2 nitrogen and oxygen atoms in total. The zero-order chi connectivity index (χ0) is 10.7. The molecule has 0 saturated carbocycles. The van der Waals surface area contributed by atoms with E-state index >= 15 is 0 Å². The van der Waals surface area contributed by atoms with E-state index in [9.17, 15) is 0 Å². The first-order valence-electron chi connectivity index (χ1n) is 4.15. The van der Waals surface area contributed by atoms with E-state index in [2.05, 4.69) is 25.9 Å². The third-order valence-electron chi connectivity index (χ3n) is 1.60. The van der Waals surface area contributed by atoms with Gasteiger partial charge in [-0.1, -0.05) is 17.7 Å². The van der Waals surface area contributed by atoms with Gasteiger partial charge >= 0.3 is 0 Å². The summed E-state index contributed by atoms with van der Waals surface area (Å²) in [6.45, 7) is 0. The average molecular weight is 302 g/mol. The molecule has 5 heteroatoms. The number of benzene rings is 1. The first kappa shape index (κ1) is 10.9. The van der Waals surface area contributed by atoms with Crippen molar-refractivity contribution < 1.29 is 0 Å². The van der Waals surface area contributed by atoms with Gasteiger partial charge in [0.2, 0.25) is 0 Å². The molecule has 0 fully saturated rings. The second kappa shape index (κ2) is 4.96. The summed E-state index contributed by atoms with van der Waals surface area (Å²) in [6, 6.07) is 7.61. The third-order valence-corrected chi connectivity index (χ3v) is 3.13. The molecule has 0 N–H and O–H groups in total. The Kier molecular flexibility index (Phi) is 3.61. The van der Waals surface area contributed by atoms with Crippen LogP contribution in [0.3, 0.4) is 0 Å². The minimum Gasteiger partial charge on any atom is -0.230 e. The second-order valence-electron chi connectivity index (χ2n) is 2.74. The molecule has 0 bridgehead atoms. The minimum absolute atomic E-state index is 0.709. The molecular weight excluding hydrogens is 296 g/mol. The summed E-state index contributed by atoms with van der Waals surface area (Å²) in [7, 11) is 0. The molecule has 0 saturated heterocycles. The summed E-state index contributed by atoms with van der Waals surface area (Å²) >= 11 is 10.6. The highest BCUT2D eigenvalue weighted by molar-refractivity contribution is 9.10. The Bertz CT molecular complexity index is 461. The van der Waals surface area contributed by atoms with Gasteiger partial charge in [0.1, 0.15) is 0 Å². The summed E-state index contributed by atoms with van der Waals surface area (Å²) in [5, 5.41) is 1.43. The number of halogens is 2. The smallest absolute Gasteiger partial charge is 0.192 e. The first-order valence-corrected chi connectivity index (χ1v) is 6.14. The van der Waals surface area contributed by atoms with Crippen LogP contribution in [-0.4, -0.2) is 9.97 Å². The van der Waals surface area contributed by atoms with Crippen LogP contribution >= 0.6 is 39.3 Å². The van der Waals surface area contributed by atoms with Gasteiger partial charge in [-0.2, -0.15) is 0 Å². The van der Waals surface area contributed by atoms with Crippen LogP contribution < -0.4 is 0 Å². The quantitative estimate of drug-likeness (QED) is 0.783. The predicted octanol–water partition coefficient (Wildman–Crippen LogP) is 4.04. The van der Waals surface area contributed by atoms with Crippen LogP contribution in [0, 0.1) is 0 Å². The van der Waals surface area contributed by atoms with Crippen molar-refractivity contribution in [2.45, 2.75) is 10.1 Å². The van der Waals surface area contributed by atoms with Crippen LogP contribution in [0.1, 0.15) is 0 Å². The van der Waals surface area contributed by atoms with Gasteiger partial charge in [0.05, 0.1) is 4.47 Å². The van der Waals surface area contributed by atoms with Crippen LogP contribution in [-0.2, 0) is 0 Å². The second-order valence-corrected chi connectivity index (χ2v) is 5.14. The van der Waals surface area contributed by atoms with E-state index in [0.29, 0.717) is 5.16 Å². The van der Waals surface area contributed by atoms with Crippen molar-refractivity contribution >= 4 is 39.3 Å². The lowest BCUT2D eigenvalue weighted by Crippen LogP contribution is -1.84. The van der Waals surface area contributed by atoms with Gasteiger partial charge in [0, 0.05) is 22.3 Å². The standard InChI is InChI=1S/C10H6BrClN2S/c11-7-5-13-10(14-6-7)15-9-3-1-2-8(12)4-9/h1-6H. The van der Waals surface area contributed by atoms with Crippen LogP contribution in [0.4, 0.5) is 0 Å². The number of hydrogen-bond donors (Lipinski definition) is 0. The van der Waals surface area contributed by atoms with E-state index in [0.717, 1.165) is 14.4 Å². The Balaban J connectivity index is 2.18. The Morgan fingerprint density at radius 2 is 1.93 bits per heavy atom. The largest absolute Gasteiger partial charge is 0.230 e. The summed E-state index contributed by atoms with van der Waals surface area (Å²) < 4.78 is 0.873. The molecule has 2 rings (SSSR count). The highest BCUT2D eigenvalue weighted by Crippen LogP contribution is 2.26. The molecule has 0 aliphatic rings. The van der Waals surface area contributed by atoms with E-state index in [1.807, 2.05) is 24.3 Å². The summed E-state index contributed by atoms with van der Waals surface area (Å²) in [4.78, 5) is 9.36. The lowest BCUT2D eigenvalue weighted by molar-refractivity contribution is 0.958. The van der Waals surface area contributed by atoms with Gasteiger partial charge in [-0.05, 0) is 45.9 Å². The summed E-state index contributed by atoms with van der Waals surface area (Å²) in [5.41, 5.74) is 0. The van der Waals surface area contributed by atoms with E-state index in [-0.39, 0.29) is 0 Å². The maximum absolute atomic E-state index is 5.87. The molecule has 1 heterocycles. The maximum Gasteiger partial charge on any atom is 0.192 e. The number of hydrogen-bond acceptors (Lipinski definition) is 3. The minimum atomic E-state index is 0.709. The van der Waals surface area contributed by atoms with Crippen molar-refractivity contribution in [1.82, 2.24) is 9.97 Å². The SMILES string of the molecule is Clc1cccc(Sc2ncc(Br)cn2)c1. The molecule has 2 aromatic rings. The van der Waals surface area contributed by atoms with Crippen LogP contribution in [0.25, 0.3) is 0 Å². The van der Waals surface area contributed by atoms with E-state index < -0.39 is 0 Å². The Hall–Kier alpha value is -0.580. The molecule has 0 radical (unpaired) electrons. The van der Waals surface area contributed by atoms with E-state index in [1.165, 1.54) is 11.8 Å². The van der Waals surface area contributed by atoms with Gasteiger partial charge in [-0.25, -0.2) is 9.97 Å². The van der Waals surface area contributed by atoms with Gasteiger partial charge in [-0.3, -0.25) is 0 Å². The third kappa shape index (κ3) is 3.19. The zero-order valence-corrected chi connectivity index (χ0v) is 10.7. The van der Waals surface area contributed by atoms with Gasteiger partial charge < -0.3 is 0 Å². The van der Waals surface area contributed by atoms with Crippen molar-refractivity contribution in [3.8, 4) is 0 Å². The summed E-state index contributed by atoms with van der Waals surface area (Å²) in [6.07, 6.45) is 3.44. The molecule has 0 unspecified atom stereocenters. The highest BCUT2D eigenvalue weighted by Gasteiger charge is 2.00. The van der Waals surface area contributed by atoms with Gasteiger partial charge in [0.15, 0.2) is 5.16 Å². The van der Waals surface area contributed by atoms with Crippen LogP contribution in [0.15, 0.2) is 51.2 Å². The lowest BCUT2D eigenvalue weighted by Gasteiger charge is -1.99. The zero-order valence-electron chi connectivity index (χ0n) is 7.52.